The van der Waals surface area contributed by atoms with Gasteiger partial charge in [0.2, 0.25) is 0 Å². The molecule has 0 atom stereocenters. The summed E-state index contributed by atoms with van der Waals surface area (Å²) < 4.78 is 2.07. The van der Waals surface area contributed by atoms with Gasteiger partial charge < -0.3 is 4.57 Å². The Morgan fingerprint density at radius 3 is 2.40 bits per heavy atom. The molecule has 2 nitrogen and oxygen atoms in total. The lowest BCUT2D eigenvalue weighted by Gasteiger charge is -2.15. The molecule has 0 unspecified atom stereocenters. The first kappa shape index (κ1) is 11.8. The van der Waals surface area contributed by atoms with Crippen LogP contribution in [0.5, 0.6) is 0 Å². The summed E-state index contributed by atoms with van der Waals surface area (Å²) in [6.45, 7) is 12.3. The number of rotatable bonds is 2. The summed E-state index contributed by atoms with van der Waals surface area (Å²) in [5, 5.41) is 0. The van der Waals surface area contributed by atoms with Gasteiger partial charge in [-0.2, -0.15) is 0 Å². The molecular weight excluding hydrogens is 184 g/mol. The van der Waals surface area contributed by atoms with E-state index in [2.05, 4.69) is 50.0 Å². The van der Waals surface area contributed by atoms with E-state index in [9.17, 15) is 0 Å². The molecule has 0 bridgehead atoms. The molecule has 0 aliphatic heterocycles. The van der Waals surface area contributed by atoms with E-state index in [0.29, 0.717) is 5.92 Å². The topological polar surface area (TPSA) is 17.3 Å². The van der Waals surface area contributed by atoms with E-state index in [1.165, 1.54) is 16.7 Å². The number of aromatic nitrogens is 1. The average molecular weight is 204 g/mol. The molecule has 1 aromatic heterocycles. The van der Waals surface area contributed by atoms with Crippen molar-refractivity contribution >= 4 is 0 Å². The fourth-order valence-corrected chi connectivity index (χ4v) is 1.87. The van der Waals surface area contributed by atoms with Crippen LogP contribution in [0.25, 0.3) is 0 Å². The maximum atomic E-state index is 4.29. The van der Waals surface area contributed by atoms with E-state index in [0.717, 1.165) is 5.49 Å². The van der Waals surface area contributed by atoms with Crippen molar-refractivity contribution in [1.29, 1.82) is 0 Å². The molecule has 0 N–H and O–H groups in total. The van der Waals surface area contributed by atoms with Crippen molar-refractivity contribution in [2.75, 3.05) is 0 Å². The summed E-state index contributed by atoms with van der Waals surface area (Å²) in [7, 11) is 2.03. The number of pyridine rings is 1. The summed E-state index contributed by atoms with van der Waals surface area (Å²) in [4.78, 5) is 4.29. The van der Waals surface area contributed by atoms with Crippen LogP contribution >= 0.6 is 0 Å². The molecule has 0 saturated carbocycles. The lowest BCUT2D eigenvalue weighted by Crippen LogP contribution is -2.23. The molecule has 0 spiro atoms. The fraction of sp³-hybridized carbons (Fsp3) is 0.462. The highest BCUT2D eigenvalue weighted by atomic mass is 15.0. The number of hydrogen-bond acceptors (Lipinski definition) is 1. The summed E-state index contributed by atoms with van der Waals surface area (Å²) in [6.07, 6.45) is 3.76. The Bertz CT molecular complexity index is 437. The van der Waals surface area contributed by atoms with Gasteiger partial charge in [0.25, 0.3) is 0 Å². The predicted octanol–water partition coefficient (Wildman–Crippen LogP) is 2.81. The molecule has 0 aliphatic rings. The van der Waals surface area contributed by atoms with E-state index in [1.54, 1.807) is 6.20 Å². The van der Waals surface area contributed by atoms with E-state index in [-0.39, 0.29) is 0 Å². The van der Waals surface area contributed by atoms with Gasteiger partial charge in [0.05, 0.1) is 0 Å². The Labute approximate surface area is 92.0 Å². The molecule has 2 heteroatoms. The standard InChI is InChI=1S/C13H20N2/c1-7-14-13-11(5)10(4)12(9(2)3)8-15(13)6/h7-9H,1H2,2-6H3. The van der Waals surface area contributed by atoms with Crippen LogP contribution in [-0.4, -0.2) is 4.57 Å². The van der Waals surface area contributed by atoms with E-state index < -0.39 is 0 Å². The van der Waals surface area contributed by atoms with Crippen LogP contribution in [0.2, 0.25) is 0 Å². The molecule has 1 heterocycles. The third kappa shape index (κ3) is 2.20. The van der Waals surface area contributed by atoms with E-state index >= 15 is 0 Å². The maximum Gasteiger partial charge on any atom is 0.135 e. The van der Waals surface area contributed by atoms with Crippen LogP contribution in [0.1, 0.15) is 36.5 Å². The van der Waals surface area contributed by atoms with Crippen LogP contribution in [-0.2, 0) is 7.05 Å². The first-order valence-electron chi connectivity index (χ1n) is 5.30. The van der Waals surface area contributed by atoms with Gasteiger partial charge in [-0.25, -0.2) is 4.99 Å². The van der Waals surface area contributed by atoms with Gasteiger partial charge in [-0.1, -0.05) is 20.4 Å². The van der Waals surface area contributed by atoms with Gasteiger partial charge in [-0.3, -0.25) is 0 Å². The predicted molar refractivity (Wildman–Crippen MR) is 64.7 cm³/mol. The smallest absolute Gasteiger partial charge is 0.135 e. The fourth-order valence-electron chi connectivity index (χ4n) is 1.87. The van der Waals surface area contributed by atoms with Crippen molar-refractivity contribution in [1.82, 2.24) is 4.57 Å². The minimum atomic E-state index is 0.549. The Morgan fingerprint density at radius 1 is 1.33 bits per heavy atom. The van der Waals surface area contributed by atoms with Crippen LogP contribution < -0.4 is 5.49 Å². The summed E-state index contributed by atoms with van der Waals surface area (Å²) in [6, 6.07) is 0. The van der Waals surface area contributed by atoms with Crippen molar-refractivity contribution in [2.45, 2.75) is 33.6 Å². The minimum Gasteiger partial charge on any atom is -0.336 e. The van der Waals surface area contributed by atoms with Crippen molar-refractivity contribution in [3.05, 3.63) is 41.2 Å². The lowest BCUT2D eigenvalue weighted by atomic mass is 9.97. The largest absolute Gasteiger partial charge is 0.336 e. The number of nitrogens with zero attached hydrogens (tertiary/aromatic N) is 2. The summed E-state index contributed by atoms with van der Waals surface area (Å²) in [5.41, 5.74) is 4.96. The minimum absolute atomic E-state index is 0.549. The highest BCUT2D eigenvalue weighted by molar-refractivity contribution is 5.32. The number of hydrogen-bond donors (Lipinski definition) is 0. The second-order valence-electron chi connectivity index (χ2n) is 4.24. The van der Waals surface area contributed by atoms with Crippen LogP contribution in [0, 0.1) is 13.8 Å². The zero-order valence-electron chi connectivity index (χ0n) is 10.3. The molecule has 0 saturated heterocycles. The zero-order valence-corrected chi connectivity index (χ0v) is 10.3. The highest BCUT2D eigenvalue weighted by Gasteiger charge is 2.08. The Kier molecular flexibility index (Phi) is 3.51. The van der Waals surface area contributed by atoms with Gasteiger partial charge in [-0.15, -0.1) is 0 Å². The molecule has 82 valence electrons. The third-order valence-corrected chi connectivity index (χ3v) is 2.83. The summed E-state index contributed by atoms with van der Waals surface area (Å²) >= 11 is 0. The molecule has 0 amide bonds. The Hall–Kier alpha value is -1.31. The van der Waals surface area contributed by atoms with Crippen LogP contribution in [0.3, 0.4) is 0 Å². The Morgan fingerprint density at radius 2 is 1.93 bits per heavy atom. The van der Waals surface area contributed by atoms with Gasteiger partial charge in [-0.05, 0) is 36.5 Å². The molecule has 0 radical (unpaired) electrons. The van der Waals surface area contributed by atoms with Crippen molar-refractivity contribution in [3.63, 3.8) is 0 Å². The van der Waals surface area contributed by atoms with E-state index in [1.807, 2.05) is 7.05 Å². The van der Waals surface area contributed by atoms with Gasteiger partial charge in [0.15, 0.2) is 0 Å². The van der Waals surface area contributed by atoms with Crippen LogP contribution in [0.15, 0.2) is 24.0 Å². The Balaban J connectivity index is 3.58. The van der Waals surface area contributed by atoms with Crippen molar-refractivity contribution in [3.8, 4) is 0 Å². The molecule has 1 rings (SSSR count). The van der Waals surface area contributed by atoms with Crippen molar-refractivity contribution < 1.29 is 0 Å². The SMILES string of the molecule is C=CN=c1c(C)c(C)c(C(C)C)cn1C. The van der Waals surface area contributed by atoms with Gasteiger partial charge in [0, 0.05) is 19.4 Å². The van der Waals surface area contributed by atoms with Gasteiger partial charge >= 0.3 is 0 Å². The zero-order chi connectivity index (χ0) is 11.6. The molecule has 0 fully saturated rings. The first-order valence-corrected chi connectivity index (χ1v) is 5.30. The molecular formula is C13H20N2. The van der Waals surface area contributed by atoms with Gasteiger partial charge in [0.1, 0.15) is 5.49 Å². The molecule has 1 aromatic rings. The lowest BCUT2D eigenvalue weighted by molar-refractivity contribution is 0.762. The molecule has 15 heavy (non-hydrogen) atoms. The van der Waals surface area contributed by atoms with E-state index in [4.69, 9.17) is 0 Å². The van der Waals surface area contributed by atoms with Crippen molar-refractivity contribution in [2.24, 2.45) is 12.0 Å². The summed E-state index contributed by atoms with van der Waals surface area (Å²) in [5.74, 6) is 0.549. The second-order valence-corrected chi connectivity index (χ2v) is 4.24. The second kappa shape index (κ2) is 4.47. The van der Waals surface area contributed by atoms with Crippen LogP contribution in [0.4, 0.5) is 0 Å². The average Bonchev–Trinajstić information content (AvgIpc) is 2.18. The molecule has 0 aromatic carbocycles. The number of aryl methyl sites for hydroxylation is 1. The molecule has 0 aliphatic carbocycles. The normalized spacial score (nSPS) is 12.3. The monoisotopic (exact) mass is 204 g/mol. The highest BCUT2D eigenvalue weighted by Crippen LogP contribution is 2.18. The maximum absolute atomic E-state index is 4.29. The first-order chi connectivity index (χ1) is 6.99. The quantitative estimate of drug-likeness (QED) is 0.705. The third-order valence-electron chi connectivity index (χ3n) is 2.83.